The summed E-state index contributed by atoms with van der Waals surface area (Å²) in [5.41, 5.74) is 3.17. The average Bonchev–Trinajstić information content (AvgIpc) is 3.23. The van der Waals surface area contributed by atoms with E-state index in [0.29, 0.717) is 0 Å². The second-order valence-corrected chi connectivity index (χ2v) is 8.16. The summed E-state index contributed by atoms with van der Waals surface area (Å²) in [5.74, 6) is 0. The van der Waals surface area contributed by atoms with E-state index in [-0.39, 0.29) is 0 Å². The smallest absolute Gasteiger partial charge is 0.0342 e. The van der Waals surface area contributed by atoms with E-state index < -0.39 is 0 Å². The molecule has 0 bridgehead atoms. The molecule has 1 heterocycles. The monoisotopic (exact) mass is 366 g/mol. The maximum absolute atomic E-state index is 2.40. The van der Waals surface area contributed by atoms with E-state index in [9.17, 15) is 0 Å². The normalized spacial score (nSPS) is 13.9. The molecule has 0 fully saturated rings. The van der Waals surface area contributed by atoms with Crippen LogP contribution in [0.25, 0.3) is 22.2 Å². The fraction of sp³-hybridized carbons (Fsp3) is 0.154. The molecule has 0 unspecified atom stereocenters. The van der Waals surface area contributed by atoms with Gasteiger partial charge in [0.25, 0.3) is 0 Å². The minimum absolute atomic E-state index is 1.10. The average molecular weight is 367 g/mol. The Balaban J connectivity index is 0.000000149. The van der Waals surface area contributed by atoms with Crippen LogP contribution < -0.4 is 10.4 Å². The Kier molecular flexibility index (Phi) is 4.39. The van der Waals surface area contributed by atoms with Gasteiger partial charge in [-0.05, 0) is 80.6 Å². The third-order valence-corrected chi connectivity index (χ3v) is 6.50. The van der Waals surface area contributed by atoms with Crippen molar-refractivity contribution >= 4 is 33.6 Å². The van der Waals surface area contributed by atoms with Gasteiger partial charge in [0.15, 0.2) is 0 Å². The van der Waals surface area contributed by atoms with E-state index in [1.807, 2.05) is 0 Å². The van der Waals surface area contributed by atoms with Gasteiger partial charge in [0.05, 0.1) is 0 Å². The van der Waals surface area contributed by atoms with Crippen molar-refractivity contribution in [2.75, 3.05) is 0 Å². The van der Waals surface area contributed by atoms with Crippen LogP contribution in [0.2, 0.25) is 0 Å². The summed E-state index contributed by atoms with van der Waals surface area (Å²) >= 11 is 1.79. The number of benzene rings is 3. The Bertz CT molecular complexity index is 1290. The lowest BCUT2D eigenvalue weighted by Gasteiger charge is -2.16. The van der Waals surface area contributed by atoms with Gasteiger partial charge in [-0.15, -0.1) is 11.3 Å². The fourth-order valence-corrected chi connectivity index (χ4v) is 5.05. The van der Waals surface area contributed by atoms with Crippen LogP contribution in [0.3, 0.4) is 0 Å². The van der Waals surface area contributed by atoms with Crippen molar-refractivity contribution in [1.29, 1.82) is 0 Å². The molecule has 0 nitrogen and oxygen atoms in total. The molecule has 2 aliphatic rings. The van der Waals surface area contributed by atoms with Crippen molar-refractivity contribution in [1.82, 2.24) is 0 Å². The van der Waals surface area contributed by atoms with E-state index in [0.717, 1.165) is 6.42 Å². The van der Waals surface area contributed by atoms with Crippen LogP contribution in [0.4, 0.5) is 0 Å². The number of hydrogen-bond acceptors (Lipinski definition) is 1. The van der Waals surface area contributed by atoms with Gasteiger partial charge < -0.3 is 0 Å². The predicted molar refractivity (Wildman–Crippen MR) is 117 cm³/mol. The molecular formula is C26H22S. The van der Waals surface area contributed by atoms with Crippen LogP contribution in [0.5, 0.6) is 0 Å². The second kappa shape index (κ2) is 7.17. The maximum Gasteiger partial charge on any atom is 0.0342 e. The Hall–Kier alpha value is -2.64. The van der Waals surface area contributed by atoms with Gasteiger partial charge in [0.2, 0.25) is 0 Å². The van der Waals surface area contributed by atoms with Gasteiger partial charge >= 0.3 is 0 Å². The molecule has 0 aliphatic heterocycles. The summed E-state index contributed by atoms with van der Waals surface area (Å²) in [6.07, 6.45) is 9.69. The van der Waals surface area contributed by atoms with E-state index in [1.165, 1.54) is 50.2 Å². The first-order valence-electron chi connectivity index (χ1n) is 9.73. The van der Waals surface area contributed by atoms with Crippen molar-refractivity contribution in [3.05, 3.63) is 104 Å². The third-order valence-electron chi connectivity index (χ3n) is 5.60. The minimum Gasteiger partial charge on any atom is -0.144 e. The van der Waals surface area contributed by atoms with Crippen LogP contribution in [-0.2, 0) is 12.8 Å². The van der Waals surface area contributed by atoms with E-state index in [1.54, 1.807) is 22.5 Å². The SMILES string of the molecule is C1=c2ccc3c(c2CCC1)CC=c1ccccc1=3.c1ccc2sccc2c1. The molecule has 0 amide bonds. The molecule has 4 aromatic rings. The summed E-state index contributed by atoms with van der Waals surface area (Å²) in [5, 5.41) is 9.21. The van der Waals surface area contributed by atoms with Crippen LogP contribution in [-0.4, -0.2) is 0 Å². The van der Waals surface area contributed by atoms with Gasteiger partial charge in [0, 0.05) is 4.70 Å². The van der Waals surface area contributed by atoms with Crippen LogP contribution in [0.1, 0.15) is 24.0 Å². The van der Waals surface area contributed by atoms with Crippen LogP contribution in [0.15, 0.2) is 72.1 Å². The summed E-state index contributed by atoms with van der Waals surface area (Å²) < 4.78 is 1.37. The molecule has 0 radical (unpaired) electrons. The van der Waals surface area contributed by atoms with Crippen molar-refractivity contribution in [3.8, 4) is 0 Å². The highest BCUT2D eigenvalue weighted by atomic mass is 32.1. The highest BCUT2D eigenvalue weighted by Gasteiger charge is 2.10. The fourth-order valence-electron chi connectivity index (χ4n) is 4.26. The van der Waals surface area contributed by atoms with Crippen molar-refractivity contribution in [2.24, 2.45) is 0 Å². The molecule has 0 atom stereocenters. The lowest BCUT2D eigenvalue weighted by Crippen LogP contribution is -2.19. The molecule has 27 heavy (non-hydrogen) atoms. The van der Waals surface area contributed by atoms with Gasteiger partial charge in [-0.1, -0.05) is 66.7 Å². The molecule has 3 aromatic carbocycles. The summed E-state index contributed by atoms with van der Waals surface area (Å²) in [6, 6.07) is 23.9. The number of rotatable bonds is 0. The van der Waals surface area contributed by atoms with Crippen molar-refractivity contribution in [2.45, 2.75) is 25.7 Å². The highest BCUT2D eigenvalue weighted by Crippen LogP contribution is 2.19. The minimum atomic E-state index is 1.10. The third kappa shape index (κ3) is 3.13. The van der Waals surface area contributed by atoms with Crippen LogP contribution in [0, 0.1) is 10.4 Å². The number of thiophene rings is 1. The zero-order chi connectivity index (χ0) is 18.1. The number of fused-ring (bicyclic) bond motifs is 5. The summed E-state index contributed by atoms with van der Waals surface area (Å²) in [7, 11) is 0. The largest absolute Gasteiger partial charge is 0.144 e. The Morgan fingerprint density at radius 1 is 0.667 bits per heavy atom. The zero-order valence-electron chi connectivity index (χ0n) is 15.3. The lowest BCUT2D eigenvalue weighted by atomic mass is 9.89. The van der Waals surface area contributed by atoms with Gasteiger partial charge in [-0.2, -0.15) is 0 Å². The quantitative estimate of drug-likeness (QED) is 0.395. The summed E-state index contributed by atoms with van der Waals surface area (Å²) in [4.78, 5) is 0. The molecule has 0 saturated carbocycles. The molecule has 132 valence electrons. The Labute approximate surface area is 163 Å². The van der Waals surface area contributed by atoms with E-state index in [2.05, 4.69) is 84.3 Å². The predicted octanol–water partition coefficient (Wildman–Crippen LogP) is 5.33. The Morgan fingerprint density at radius 2 is 1.56 bits per heavy atom. The van der Waals surface area contributed by atoms with Crippen molar-refractivity contribution < 1.29 is 0 Å². The molecular weight excluding hydrogens is 344 g/mol. The van der Waals surface area contributed by atoms with Crippen molar-refractivity contribution in [3.63, 3.8) is 0 Å². The maximum atomic E-state index is 2.40. The molecule has 1 aromatic heterocycles. The highest BCUT2D eigenvalue weighted by molar-refractivity contribution is 7.17. The zero-order valence-corrected chi connectivity index (χ0v) is 16.1. The lowest BCUT2D eigenvalue weighted by molar-refractivity contribution is 0.824. The summed E-state index contributed by atoms with van der Waals surface area (Å²) in [6.45, 7) is 0. The molecule has 2 aliphatic carbocycles. The number of hydrogen-bond donors (Lipinski definition) is 0. The first-order valence-corrected chi connectivity index (χ1v) is 10.6. The first kappa shape index (κ1) is 16.5. The molecule has 0 N–H and O–H groups in total. The van der Waals surface area contributed by atoms with E-state index >= 15 is 0 Å². The molecule has 6 rings (SSSR count). The Morgan fingerprint density at radius 3 is 2.52 bits per heavy atom. The topological polar surface area (TPSA) is 0 Å². The second-order valence-electron chi connectivity index (χ2n) is 7.21. The standard InChI is InChI=1S/C18H16.C8H6S/c1-3-7-15-13(5-1)9-11-18-16-8-4-2-6-14(16)10-12-17(15)18;1-2-4-8-7(3-1)5-6-9-8/h1,3,5-7,9-10,12H,2,4,8,11H2;1-6H. The molecule has 0 saturated heterocycles. The van der Waals surface area contributed by atoms with Gasteiger partial charge in [0.1, 0.15) is 0 Å². The molecule has 1 heteroatoms. The first-order chi connectivity index (χ1) is 13.4. The molecule has 0 spiro atoms. The van der Waals surface area contributed by atoms with Gasteiger partial charge in [-0.25, -0.2) is 0 Å². The van der Waals surface area contributed by atoms with Gasteiger partial charge in [-0.3, -0.25) is 0 Å². The van der Waals surface area contributed by atoms with Crippen LogP contribution >= 0.6 is 11.3 Å². The van der Waals surface area contributed by atoms with E-state index in [4.69, 9.17) is 0 Å².